The van der Waals surface area contributed by atoms with E-state index in [-0.39, 0.29) is 11.8 Å². The molecule has 18 heavy (non-hydrogen) atoms. The Bertz CT molecular complexity index is 410. The van der Waals surface area contributed by atoms with Gasteiger partial charge in [-0.3, -0.25) is 0 Å². The van der Waals surface area contributed by atoms with Gasteiger partial charge in [0.25, 0.3) is 0 Å². The van der Waals surface area contributed by atoms with Gasteiger partial charge < -0.3 is 9.80 Å². The Kier molecular flexibility index (Phi) is 4.58. The predicted molar refractivity (Wildman–Crippen MR) is 72.4 cm³/mol. The van der Waals surface area contributed by atoms with Crippen LogP contribution in [0.4, 0.5) is 9.18 Å². The van der Waals surface area contributed by atoms with Gasteiger partial charge in [-0.05, 0) is 24.1 Å². The van der Waals surface area contributed by atoms with E-state index in [1.165, 1.54) is 12.1 Å². The van der Waals surface area contributed by atoms with Crippen LogP contribution in [-0.2, 0) is 6.42 Å². The van der Waals surface area contributed by atoms with Gasteiger partial charge in [0.1, 0.15) is 5.82 Å². The van der Waals surface area contributed by atoms with Gasteiger partial charge in [-0.25, -0.2) is 9.18 Å². The highest BCUT2D eigenvalue weighted by Gasteiger charge is 2.26. The van der Waals surface area contributed by atoms with Gasteiger partial charge in [-0.2, -0.15) is 0 Å². The van der Waals surface area contributed by atoms with E-state index in [9.17, 15) is 9.18 Å². The van der Waals surface area contributed by atoms with Crippen molar-refractivity contribution in [2.75, 3.05) is 31.5 Å². The monoisotopic (exact) mass is 314 g/mol. The van der Waals surface area contributed by atoms with Crippen molar-refractivity contribution in [1.29, 1.82) is 0 Å². The molecule has 0 unspecified atom stereocenters. The molecule has 0 radical (unpaired) electrons. The average molecular weight is 315 g/mol. The minimum Gasteiger partial charge on any atom is -0.323 e. The van der Waals surface area contributed by atoms with E-state index in [1.54, 1.807) is 12.1 Å². The van der Waals surface area contributed by atoms with Gasteiger partial charge >= 0.3 is 6.03 Å². The summed E-state index contributed by atoms with van der Waals surface area (Å²) in [6, 6.07) is 6.56. The highest BCUT2D eigenvalue weighted by molar-refractivity contribution is 9.09. The van der Waals surface area contributed by atoms with Crippen molar-refractivity contribution in [1.82, 2.24) is 9.80 Å². The molecule has 0 aliphatic carbocycles. The molecule has 0 spiro atoms. The normalized spacial score (nSPS) is 15.6. The number of amides is 2. The maximum absolute atomic E-state index is 12.8. The second-order valence-corrected chi connectivity index (χ2v) is 5.12. The molecule has 0 bridgehead atoms. The second-order valence-electron chi connectivity index (χ2n) is 4.32. The van der Waals surface area contributed by atoms with Crippen LogP contribution in [0.2, 0.25) is 0 Å². The van der Waals surface area contributed by atoms with Crippen molar-refractivity contribution >= 4 is 22.0 Å². The fraction of sp³-hybridized carbons (Fsp3) is 0.462. The lowest BCUT2D eigenvalue weighted by molar-refractivity contribution is 0.194. The van der Waals surface area contributed by atoms with Crippen LogP contribution in [0.25, 0.3) is 0 Å². The van der Waals surface area contributed by atoms with Crippen LogP contribution >= 0.6 is 15.9 Å². The first-order chi connectivity index (χ1) is 8.70. The Morgan fingerprint density at radius 1 is 1.11 bits per heavy atom. The van der Waals surface area contributed by atoms with Gasteiger partial charge in [0, 0.05) is 31.5 Å². The molecule has 0 saturated carbocycles. The third-order valence-electron chi connectivity index (χ3n) is 3.12. The summed E-state index contributed by atoms with van der Waals surface area (Å²) in [6.07, 6.45) is 0.772. The number of carbonyl (C=O) groups is 1. The Balaban J connectivity index is 1.84. The fourth-order valence-electron chi connectivity index (χ4n) is 2.06. The molecule has 1 heterocycles. The number of carbonyl (C=O) groups excluding carboxylic acids is 1. The van der Waals surface area contributed by atoms with Gasteiger partial charge in [-0.1, -0.05) is 28.1 Å². The Morgan fingerprint density at radius 3 is 2.33 bits per heavy atom. The molecule has 2 amide bonds. The quantitative estimate of drug-likeness (QED) is 0.766. The zero-order valence-corrected chi connectivity index (χ0v) is 11.7. The van der Waals surface area contributed by atoms with Crippen LogP contribution in [0.5, 0.6) is 0 Å². The molecule has 0 aromatic heterocycles. The number of hydrogen-bond donors (Lipinski definition) is 0. The molecule has 1 aromatic rings. The Labute approximate surface area is 115 Å². The van der Waals surface area contributed by atoms with E-state index < -0.39 is 0 Å². The molecule has 1 aliphatic heterocycles. The third-order valence-corrected chi connectivity index (χ3v) is 3.47. The summed E-state index contributed by atoms with van der Waals surface area (Å²) in [5.41, 5.74) is 1.06. The second kappa shape index (κ2) is 6.18. The molecule has 1 saturated heterocycles. The van der Waals surface area contributed by atoms with E-state index in [0.717, 1.165) is 36.9 Å². The molecule has 98 valence electrons. The van der Waals surface area contributed by atoms with Crippen LogP contribution in [0, 0.1) is 5.82 Å². The maximum atomic E-state index is 12.8. The Hall–Kier alpha value is -1.10. The summed E-state index contributed by atoms with van der Waals surface area (Å²) >= 11 is 3.34. The lowest BCUT2D eigenvalue weighted by Crippen LogP contribution is -2.34. The fourth-order valence-corrected chi connectivity index (χ4v) is 2.49. The molecule has 2 rings (SSSR count). The van der Waals surface area contributed by atoms with Crippen molar-refractivity contribution in [3.8, 4) is 0 Å². The average Bonchev–Trinajstić information content (AvgIpc) is 2.71. The first kappa shape index (κ1) is 13.3. The number of nitrogens with zero attached hydrogens (tertiary/aromatic N) is 2. The molecular weight excluding hydrogens is 299 g/mol. The molecule has 1 fully saturated rings. The van der Waals surface area contributed by atoms with Gasteiger partial charge in [-0.15, -0.1) is 0 Å². The Morgan fingerprint density at radius 2 is 1.72 bits per heavy atom. The van der Waals surface area contributed by atoms with E-state index in [1.807, 2.05) is 9.80 Å². The topological polar surface area (TPSA) is 23.6 Å². The lowest BCUT2D eigenvalue weighted by Gasteiger charge is -2.17. The van der Waals surface area contributed by atoms with Crippen molar-refractivity contribution in [2.45, 2.75) is 6.42 Å². The number of benzene rings is 1. The van der Waals surface area contributed by atoms with Gasteiger partial charge in [0.2, 0.25) is 0 Å². The predicted octanol–water partition coefficient (Wildman–Crippen LogP) is 2.50. The van der Waals surface area contributed by atoms with E-state index >= 15 is 0 Å². The van der Waals surface area contributed by atoms with Crippen LogP contribution < -0.4 is 0 Å². The number of halogens is 2. The smallest absolute Gasteiger partial charge is 0.320 e. The van der Waals surface area contributed by atoms with Crippen molar-refractivity contribution < 1.29 is 9.18 Å². The third kappa shape index (κ3) is 3.22. The number of alkyl halides is 1. The summed E-state index contributed by atoms with van der Waals surface area (Å²) in [7, 11) is 0. The van der Waals surface area contributed by atoms with Gasteiger partial charge in [0.15, 0.2) is 0 Å². The summed E-state index contributed by atoms with van der Waals surface area (Å²) < 4.78 is 12.8. The van der Waals surface area contributed by atoms with Crippen molar-refractivity contribution in [3.63, 3.8) is 0 Å². The van der Waals surface area contributed by atoms with Gasteiger partial charge in [0.05, 0.1) is 0 Å². The minimum absolute atomic E-state index is 0.108. The molecule has 1 aromatic carbocycles. The summed E-state index contributed by atoms with van der Waals surface area (Å²) in [5.74, 6) is -0.223. The van der Waals surface area contributed by atoms with Crippen LogP contribution in [0.3, 0.4) is 0 Å². The summed E-state index contributed by atoms with van der Waals surface area (Å²) in [5, 5.41) is 0.810. The lowest BCUT2D eigenvalue weighted by atomic mass is 10.1. The molecule has 0 atom stereocenters. The first-order valence-corrected chi connectivity index (χ1v) is 7.17. The maximum Gasteiger partial charge on any atom is 0.320 e. The highest BCUT2D eigenvalue weighted by atomic mass is 79.9. The van der Waals surface area contributed by atoms with Crippen LogP contribution in [-0.4, -0.2) is 47.3 Å². The van der Waals surface area contributed by atoms with Crippen molar-refractivity contribution in [2.24, 2.45) is 0 Å². The molecule has 3 nitrogen and oxygen atoms in total. The highest BCUT2D eigenvalue weighted by Crippen LogP contribution is 2.11. The molecule has 0 N–H and O–H groups in total. The van der Waals surface area contributed by atoms with E-state index in [4.69, 9.17) is 0 Å². The summed E-state index contributed by atoms with van der Waals surface area (Å²) in [6.45, 7) is 3.04. The van der Waals surface area contributed by atoms with Crippen LogP contribution in [0.1, 0.15) is 5.56 Å². The van der Waals surface area contributed by atoms with E-state index in [2.05, 4.69) is 15.9 Å². The molecular formula is C13H16BrFN2O. The van der Waals surface area contributed by atoms with Crippen molar-refractivity contribution in [3.05, 3.63) is 35.6 Å². The largest absolute Gasteiger partial charge is 0.323 e. The minimum atomic E-state index is -0.223. The number of hydrogen-bond acceptors (Lipinski definition) is 1. The van der Waals surface area contributed by atoms with E-state index in [0.29, 0.717) is 6.54 Å². The number of urea groups is 1. The summed E-state index contributed by atoms with van der Waals surface area (Å²) in [4.78, 5) is 15.6. The van der Waals surface area contributed by atoms with Crippen LogP contribution in [0.15, 0.2) is 24.3 Å². The standard InChI is InChI=1S/C13H16BrFN2O/c14-6-8-17-10-9-16(13(17)18)7-5-11-1-3-12(15)4-2-11/h1-4H,5-10H2. The SMILES string of the molecule is O=C1N(CCBr)CCN1CCc1ccc(F)cc1. The molecule has 5 heteroatoms. The molecule has 1 aliphatic rings. The number of rotatable bonds is 5. The first-order valence-electron chi connectivity index (χ1n) is 6.05. The zero-order valence-electron chi connectivity index (χ0n) is 10.1. The zero-order chi connectivity index (χ0) is 13.0.